The molecule has 4 rings (SSSR count). The summed E-state index contributed by atoms with van der Waals surface area (Å²) >= 11 is 0. The van der Waals surface area contributed by atoms with Gasteiger partial charge in [0.25, 0.3) is 5.91 Å². The zero-order valence-corrected chi connectivity index (χ0v) is 16.7. The number of morpholine rings is 1. The van der Waals surface area contributed by atoms with Gasteiger partial charge in [-0.05, 0) is 41.8 Å². The average molecular weight is 394 g/mol. The summed E-state index contributed by atoms with van der Waals surface area (Å²) in [6, 6.07) is 9.54. The first-order valence-corrected chi connectivity index (χ1v) is 10.1. The second-order valence-corrected chi connectivity index (χ2v) is 7.30. The van der Waals surface area contributed by atoms with Gasteiger partial charge in [0.05, 0.1) is 13.2 Å². The van der Waals surface area contributed by atoms with E-state index in [2.05, 4.69) is 15.2 Å². The number of hydrogen-bond acceptors (Lipinski definition) is 5. The van der Waals surface area contributed by atoms with Crippen LogP contribution in [0.4, 0.5) is 11.5 Å². The Labute approximate surface area is 170 Å². The van der Waals surface area contributed by atoms with Gasteiger partial charge in [-0.2, -0.15) is 0 Å². The van der Waals surface area contributed by atoms with Crippen LogP contribution in [0.3, 0.4) is 0 Å². The van der Waals surface area contributed by atoms with E-state index in [1.807, 2.05) is 37.4 Å². The van der Waals surface area contributed by atoms with Crippen LogP contribution < -0.4 is 15.1 Å². The maximum Gasteiger partial charge on any atom is 0.251 e. The number of carbonyl (C=O) groups excluding carboxylic acids is 2. The van der Waals surface area contributed by atoms with Gasteiger partial charge < -0.3 is 19.9 Å². The van der Waals surface area contributed by atoms with E-state index in [0.29, 0.717) is 25.1 Å². The van der Waals surface area contributed by atoms with E-state index in [1.165, 1.54) is 0 Å². The van der Waals surface area contributed by atoms with Gasteiger partial charge in [-0.25, -0.2) is 4.98 Å². The molecular formula is C22H26N4O3. The largest absolute Gasteiger partial charge is 0.378 e. The fraction of sp³-hybridized carbons (Fsp3) is 0.409. The van der Waals surface area contributed by atoms with E-state index in [1.54, 1.807) is 11.0 Å². The summed E-state index contributed by atoms with van der Waals surface area (Å²) < 4.78 is 5.37. The molecular weight excluding hydrogens is 368 g/mol. The lowest BCUT2D eigenvalue weighted by molar-refractivity contribution is -0.118. The SMILES string of the molecule is CCC(=O)N1CCc2cc(C(=O)NCc3ccc(N4CCOCC4)nc3)ccc21. The highest BCUT2D eigenvalue weighted by Crippen LogP contribution is 2.29. The number of nitrogens with zero attached hydrogens (tertiary/aromatic N) is 3. The average Bonchev–Trinajstić information content (AvgIpc) is 3.21. The van der Waals surface area contributed by atoms with E-state index in [9.17, 15) is 9.59 Å². The molecule has 7 nitrogen and oxygen atoms in total. The summed E-state index contributed by atoms with van der Waals surface area (Å²) in [6.07, 6.45) is 3.08. The van der Waals surface area contributed by atoms with Crippen molar-refractivity contribution in [1.29, 1.82) is 0 Å². The number of rotatable bonds is 5. The van der Waals surface area contributed by atoms with Crippen molar-refractivity contribution < 1.29 is 14.3 Å². The third-order valence-electron chi connectivity index (χ3n) is 5.44. The van der Waals surface area contributed by atoms with Crippen LogP contribution in [0, 0.1) is 0 Å². The molecule has 2 aliphatic rings. The fourth-order valence-corrected chi connectivity index (χ4v) is 3.78. The first-order chi connectivity index (χ1) is 14.2. The number of hydrogen-bond donors (Lipinski definition) is 1. The molecule has 2 amide bonds. The Hall–Kier alpha value is -2.93. The van der Waals surface area contributed by atoms with Crippen molar-refractivity contribution in [2.75, 3.05) is 42.6 Å². The number of fused-ring (bicyclic) bond motifs is 1. The third kappa shape index (κ3) is 4.24. The van der Waals surface area contributed by atoms with E-state index < -0.39 is 0 Å². The van der Waals surface area contributed by atoms with Crippen LogP contribution in [0.1, 0.15) is 34.8 Å². The lowest BCUT2D eigenvalue weighted by Crippen LogP contribution is -2.36. The van der Waals surface area contributed by atoms with Crippen molar-refractivity contribution in [2.24, 2.45) is 0 Å². The number of nitrogens with one attached hydrogen (secondary N) is 1. The van der Waals surface area contributed by atoms with Crippen molar-refractivity contribution in [2.45, 2.75) is 26.3 Å². The molecule has 7 heteroatoms. The van der Waals surface area contributed by atoms with Crippen molar-refractivity contribution in [3.63, 3.8) is 0 Å². The van der Waals surface area contributed by atoms with Gasteiger partial charge in [0.2, 0.25) is 5.91 Å². The van der Waals surface area contributed by atoms with Gasteiger partial charge in [0.1, 0.15) is 5.82 Å². The Bertz CT molecular complexity index is 891. The van der Waals surface area contributed by atoms with Crippen LogP contribution in [-0.2, 0) is 22.5 Å². The monoisotopic (exact) mass is 394 g/mol. The van der Waals surface area contributed by atoms with Crippen LogP contribution in [0.15, 0.2) is 36.5 Å². The van der Waals surface area contributed by atoms with Crippen LogP contribution in [0.25, 0.3) is 0 Å². The molecule has 1 N–H and O–H groups in total. The van der Waals surface area contributed by atoms with Gasteiger partial charge >= 0.3 is 0 Å². The minimum Gasteiger partial charge on any atom is -0.378 e. The molecule has 0 aliphatic carbocycles. The smallest absolute Gasteiger partial charge is 0.251 e. The summed E-state index contributed by atoms with van der Waals surface area (Å²) in [5.74, 6) is 0.937. The number of anilines is 2. The molecule has 3 heterocycles. The lowest BCUT2D eigenvalue weighted by atomic mass is 10.1. The summed E-state index contributed by atoms with van der Waals surface area (Å²) in [7, 11) is 0. The van der Waals surface area contributed by atoms with Crippen LogP contribution in [-0.4, -0.2) is 49.6 Å². The number of amides is 2. The first-order valence-electron chi connectivity index (χ1n) is 10.1. The maximum absolute atomic E-state index is 12.6. The predicted octanol–water partition coefficient (Wildman–Crippen LogP) is 2.15. The number of benzene rings is 1. The van der Waals surface area contributed by atoms with Gasteiger partial charge in [0.15, 0.2) is 0 Å². The molecule has 2 aromatic rings. The van der Waals surface area contributed by atoms with Gasteiger partial charge in [-0.1, -0.05) is 13.0 Å². The predicted molar refractivity (Wildman–Crippen MR) is 111 cm³/mol. The van der Waals surface area contributed by atoms with Crippen LogP contribution >= 0.6 is 0 Å². The summed E-state index contributed by atoms with van der Waals surface area (Å²) in [6.45, 7) is 6.13. The summed E-state index contributed by atoms with van der Waals surface area (Å²) in [4.78, 5) is 33.1. The fourth-order valence-electron chi connectivity index (χ4n) is 3.78. The second kappa shape index (κ2) is 8.61. The molecule has 152 valence electrons. The number of pyridine rings is 1. The minimum absolute atomic E-state index is 0.119. The number of carbonyl (C=O) groups is 2. The van der Waals surface area contributed by atoms with E-state index in [4.69, 9.17) is 4.74 Å². The quantitative estimate of drug-likeness (QED) is 0.841. The minimum atomic E-state index is -0.120. The zero-order chi connectivity index (χ0) is 20.2. The second-order valence-electron chi connectivity index (χ2n) is 7.30. The van der Waals surface area contributed by atoms with Crippen LogP contribution in [0.2, 0.25) is 0 Å². The number of ether oxygens (including phenoxy) is 1. The first kappa shape index (κ1) is 19.4. The highest BCUT2D eigenvalue weighted by molar-refractivity contribution is 5.98. The Morgan fingerprint density at radius 1 is 1.14 bits per heavy atom. The van der Waals surface area contributed by atoms with Crippen molar-refractivity contribution in [1.82, 2.24) is 10.3 Å². The molecule has 1 fully saturated rings. The molecule has 0 bridgehead atoms. The standard InChI is InChI=1S/C22H26N4O3/c1-2-21(27)26-8-7-17-13-18(4-5-19(17)26)22(28)24-15-16-3-6-20(23-14-16)25-9-11-29-12-10-25/h3-6,13-14H,2,7-12,15H2,1H3,(H,24,28). The molecule has 29 heavy (non-hydrogen) atoms. The van der Waals surface area contributed by atoms with E-state index >= 15 is 0 Å². The summed E-state index contributed by atoms with van der Waals surface area (Å²) in [5.41, 5.74) is 3.55. The van der Waals surface area contributed by atoms with Crippen LogP contribution in [0.5, 0.6) is 0 Å². The maximum atomic E-state index is 12.6. The van der Waals surface area contributed by atoms with Crippen molar-refractivity contribution >= 4 is 23.3 Å². The van der Waals surface area contributed by atoms with Crippen molar-refractivity contribution in [3.05, 3.63) is 53.2 Å². The topological polar surface area (TPSA) is 74.8 Å². The van der Waals surface area contributed by atoms with E-state index in [0.717, 1.165) is 55.4 Å². The van der Waals surface area contributed by atoms with Crippen molar-refractivity contribution in [3.8, 4) is 0 Å². The third-order valence-corrected chi connectivity index (χ3v) is 5.44. The molecule has 0 spiro atoms. The van der Waals surface area contributed by atoms with Gasteiger partial charge in [0, 0.05) is 50.0 Å². The molecule has 2 aliphatic heterocycles. The van der Waals surface area contributed by atoms with Gasteiger partial charge in [-0.3, -0.25) is 9.59 Å². The molecule has 1 saturated heterocycles. The zero-order valence-electron chi connectivity index (χ0n) is 16.7. The molecule has 1 aromatic heterocycles. The van der Waals surface area contributed by atoms with E-state index in [-0.39, 0.29) is 11.8 Å². The molecule has 0 atom stereocenters. The van der Waals surface area contributed by atoms with Gasteiger partial charge in [-0.15, -0.1) is 0 Å². The molecule has 0 unspecified atom stereocenters. The highest BCUT2D eigenvalue weighted by Gasteiger charge is 2.24. The molecule has 0 radical (unpaired) electrons. The normalized spacial score (nSPS) is 15.9. The Morgan fingerprint density at radius 2 is 1.97 bits per heavy atom. The Kier molecular flexibility index (Phi) is 5.76. The Morgan fingerprint density at radius 3 is 2.69 bits per heavy atom. The number of aromatic nitrogens is 1. The Balaban J connectivity index is 1.36. The lowest BCUT2D eigenvalue weighted by Gasteiger charge is -2.27. The highest BCUT2D eigenvalue weighted by atomic mass is 16.5. The molecule has 0 saturated carbocycles. The summed E-state index contributed by atoms with van der Waals surface area (Å²) in [5, 5.41) is 2.96. The molecule has 1 aromatic carbocycles.